The molecule has 0 spiro atoms. The largest absolute Gasteiger partial charge is 0.316 e. The van der Waals surface area contributed by atoms with Crippen LogP contribution in [0.3, 0.4) is 0 Å². The highest BCUT2D eigenvalue weighted by molar-refractivity contribution is 6.25. The predicted molar refractivity (Wildman–Crippen MR) is 70.0 cm³/mol. The number of halogens is 1. The molecule has 0 atom stereocenters. The summed E-state index contributed by atoms with van der Waals surface area (Å²) in [6, 6.07) is 20.2. The molecule has 1 nitrogen and oxygen atoms in total. The Morgan fingerprint density at radius 1 is 0.750 bits per heavy atom. The van der Waals surface area contributed by atoms with E-state index in [9.17, 15) is 0 Å². The van der Waals surface area contributed by atoms with Crippen LogP contribution < -0.4 is 4.90 Å². The second-order valence-corrected chi connectivity index (χ2v) is 3.57. The van der Waals surface area contributed by atoms with Crippen molar-refractivity contribution in [2.75, 3.05) is 4.90 Å². The number of benzene rings is 2. The van der Waals surface area contributed by atoms with Crippen molar-refractivity contribution in [3.05, 3.63) is 72.4 Å². The minimum atomic E-state index is 1.09. The Hall–Kier alpha value is -1.73. The summed E-state index contributed by atoms with van der Waals surface area (Å²) in [5.41, 5.74) is 3.69. The van der Waals surface area contributed by atoms with Gasteiger partial charge in [-0.15, -0.1) is 0 Å². The molecule has 2 aromatic carbocycles. The SMILES string of the molecule is ClC=CN(c1ccccc1)c1ccccc1. The van der Waals surface area contributed by atoms with Crippen LogP contribution in [0.15, 0.2) is 72.4 Å². The zero-order valence-electron chi connectivity index (χ0n) is 8.75. The molecular weight excluding hydrogens is 218 g/mol. The van der Waals surface area contributed by atoms with Crippen LogP contribution in [0.25, 0.3) is 0 Å². The van der Waals surface area contributed by atoms with Gasteiger partial charge in [-0.25, -0.2) is 0 Å². The van der Waals surface area contributed by atoms with Crippen molar-refractivity contribution in [1.29, 1.82) is 0 Å². The molecule has 16 heavy (non-hydrogen) atoms. The molecular formula is C14H12ClN. The van der Waals surface area contributed by atoms with Gasteiger partial charge in [-0.3, -0.25) is 0 Å². The molecule has 0 aromatic heterocycles. The van der Waals surface area contributed by atoms with Gasteiger partial charge in [0.1, 0.15) is 0 Å². The second-order valence-electron chi connectivity index (χ2n) is 3.32. The molecule has 2 aromatic rings. The molecule has 2 heteroatoms. The summed E-state index contributed by atoms with van der Waals surface area (Å²) in [6.07, 6.45) is 1.84. The topological polar surface area (TPSA) is 3.24 Å². The van der Waals surface area contributed by atoms with Gasteiger partial charge in [-0.2, -0.15) is 0 Å². The molecule has 0 unspecified atom stereocenters. The van der Waals surface area contributed by atoms with Crippen molar-refractivity contribution in [3.63, 3.8) is 0 Å². The van der Waals surface area contributed by atoms with Gasteiger partial charge < -0.3 is 4.90 Å². The molecule has 80 valence electrons. The fourth-order valence-corrected chi connectivity index (χ4v) is 1.67. The highest BCUT2D eigenvalue weighted by Crippen LogP contribution is 2.25. The van der Waals surface area contributed by atoms with E-state index >= 15 is 0 Å². The van der Waals surface area contributed by atoms with Gasteiger partial charge in [-0.1, -0.05) is 48.0 Å². The minimum Gasteiger partial charge on any atom is -0.316 e. The van der Waals surface area contributed by atoms with E-state index < -0.39 is 0 Å². The van der Waals surface area contributed by atoms with E-state index in [-0.39, 0.29) is 0 Å². The van der Waals surface area contributed by atoms with Crippen LogP contribution in [-0.4, -0.2) is 0 Å². The van der Waals surface area contributed by atoms with E-state index in [1.54, 1.807) is 0 Å². The maximum Gasteiger partial charge on any atom is 0.0455 e. The maximum atomic E-state index is 5.67. The molecule has 0 fully saturated rings. The predicted octanol–water partition coefficient (Wildman–Crippen LogP) is 4.53. The van der Waals surface area contributed by atoms with Crippen molar-refractivity contribution in [1.82, 2.24) is 0 Å². The van der Waals surface area contributed by atoms with Gasteiger partial charge in [0.05, 0.1) is 0 Å². The highest BCUT2D eigenvalue weighted by atomic mass is 35.5. The molecule has 0 radical (unpaired) electrons. The van der Waals surface area contributed by atoms with Crippen molar-refractivity contribution in [3.8, 4) is 0 Å². The van der Waals surface area contributed by atoms with Gasteiger partial charge in [-0.05, 0) is 24.3 Å². The van der Waals surface area contributed by atoms with E-state index in [4.69, 9.17) is 11.6 Å². The minimum absolute atomic E-state index is 1.09. The molecule has 0 N–H and O–H groups in total. The van der Waals surface area contributed by atoms with Gasteiger partial charge in [0, 0.05) is 23.1 Å². The van der Waals surface area contributed by atoms with E-state index in [0.717, 1.165) is 11.4 Å². The number of rotatable bonds is 3. The first-order valence-electron chi connectivity index (χ1n) is 5.08. The summed E-state index contributed by atoms with van der Waals surface area (Å²) >= 11 is 5.67. The zero-order valence-corrected chi connectivity index (χ0v) is 9.51. The fraction of sp³-hybridized carbons (Fsp3) is 0. The maximum absolute atomic E-state index is 5.67. The number of anilines is 2. The van der Waals surface area contributed by atoms with Crippen LogP contribution in [0.1, 0.15) is 0 Å². The lowest BCUT2D eigenvalue weighted by Crippen LogP contribution is -2.07. The van der Waals surface area contributed by atoms with E-state index in [1.165, 1.54) is 5.54 Å². The van der Waals surface area contributed by atoms with Crippen LogP contribution in [0, 0.1) is 0 Å². The first-order chi connectivity index (χ1) is 7.92. The molecule has 2 rings (SSSR count). The summed E-state index contributed by atoms with van der Waals surface area (Å²) in [7, 11) is 0. The Morgan fingerprint density at radius 2 is 1.19 bits per heavy atom. The third-order valence-corrected chi connectivity index (χ3v) is 2.39. The first-order valence-corrected chi connectivity index (χ1v) is 5.51. The lowest BCUT2D eigenvalue weighted by atomic mass is 10.2. The summed E-state index contributed by atoms with van der Waals surface area (Å²) in [6.45, 7) is 0. The summed E-state index contributed by atoms with van der Waals surface area (Å²) in [5.74, 6) is 0. The van der Waals surface area contributed by atoms with Crippen molar-refractivity contribution in [2.45, 2.75) is 0 Å². The van der Waals surface area contributed by atoms with Crippen molar-refractivity contribution >= 4 is 23.0 Å². The molecule has 0 aliphatic rings. The quantitative estimate of drug-likeness (QED) is 0.747. The third kappa shape index (κ3) is 2.44. The summed E-state index contributed by atoms with van der Waals surface area (Å²) in [5, 5.41) is 0. The molecule has 0 heterocycles. The van der Waals surface area contributed by atoms with E-state index in [1.807, 2.05) is 71.8 Å². The average Bonchev–Trinajstić information content (AvgIpc) is 2.38. The van der Waals surface area contributed by atoms with Gasteiger partial charge in [0.2, 0.25) is 0 Å². The van der Waals surface area contributed by atoms with Crippen LogP contribution in [0.4, 0.5) is 11.4 Å². The molecule has 0 aliphatic carbocycles. The van der Waals surface area contributed by atoms with Gasteiger partial charge in [0.15, 0.2) is 0 Å². The Bertz CT molecular complexity index is 411. The Morgan fingerprint density at radius 3 is 1.56 bits per heavy atom. The average molecular weight is 230 g/mol. The van der Waals surface area contributed by atoms with Crippen LogP contribution >= 0.6 is 11.6 Å². The van der Waals surface area contributed by atoms with Crippen LogP contribution in [0.5, 0.6) is 0 Å². The standard InChI is InChI=1S/C14H12ClN/c15-11-12-16(13-7-3-1-4-8-13)14-9-5-2-6-10-14/h1-12H. The van der Waals surface area contributed by atoms with Gasteiger partial charge >= 0.3 is 0 Å². The monoisotopic (exact) mass is 229 g/mol. The number of para-hydroxylation sites is 2. The lowest BCUT2D eigenvalue weighted by Gasteiger charge is -2.20. The number of hydrogen-bond donors (Lipinski definition) is 0. The normalized spacial score (nSPS) is 10.6. The molecule has 0 saturated carbocycles. The lowest BCUT2D eigenvalue weighted by molar-refractivity contribution is 1.29. The number of hydrogen-bond acceptors (Lipinski definition) is 1. The van der Waals surface area contributed by atoms with Crippen LogP contribution in [-0.2, 0) is 0 Å². The first kappa shape index (κ1) is 10.8. The molecule has 0 amide bonds. The van der Waals surface area contributed by atoms with Gasteiger partial charge in [0.25, 0.3) is 0 Å². The Balaban J connectivity index is 2.39. The van der Waals surface area contributed by atoms with Crippen LogP contribution in [0.2, 0.25) is 0 Å². The van der Waals surface area contributed by atoms with Crippen molar-refractivity contribution < 1.29 is 0 Å². The smallest absolute Gasteiger partial charge is 0.0455 e. The number of nitrogens with zero attached hydrogens (tertiary/aromatic N) is 1. The molecule has 0 bridgehead atoms. The molecule has 0 aliphatic heterocycles. The Labute approximate surface area is 101 Å². The summed E-state index contributed by atoms with van der Waals surface area (Å²) in [4.78, 5) is 2.03. The summed E-state index contributed by atoms with van der Waals surface area (Å²) < 4.78 is 0. The zero-order chi connectivity index (χ0) is 11.2. The molecule has 0 saturated heterocycles. The van der Waals surface area contributed by atoms with E-state index in [0.29, 0.717) is 0 Å². The van der Waals surface area contributed by atoms with E-state index in [2.05, 4.69) is 0 Å². The van der Waals surface area contributed by atoms with Crippen molar-refractivity contribution in [2.24, 2.45) is 0 Å². The Kier molecular flexibility index (Phi) is 3.62. The third-order valence-electron chi connectivity index (χ3n) is 2.27. The fourth-order valence-electron chi connectivity index (χ4n) is 1.55. The second kappa shape index (κ2) is 5.38. The highest BCUT2D eigenvalue weighted by Gasteiger charge is 2.03.